The molecule has 0 atom stereocenters. The number of nitrogens with one attached hydrogen (secondary N) is 2. The van der Waals surface area contributed by atoms with Gasteiger partial charge in [-0.2, -0.15) is 0 Å². The Morgan fingerprint density at radius 1 is 1.10 bits per heavy atom. The Balaban J connectivity index is 1.39. The predicted molar refractivity (Wildman–Crippen MR) is 117 cm³/mol. The van der Waals surface area contributed by atoms with Crippen molar-refractivity contribution in [1.82, 2.24) is 10.2 Å². The van der Waals surface area contributed by atoms with Crippen LogP contribution in [0.3, 0.4) is 0 Å². The summed E-state index contributed by atoms with van der Waals surface area (Å²) in [7, 11) is 0. The highest BCUT2D eigenvalue weighted by Gasteiger charge is 2.51. The molecule has 0 radical (unpaired) electrons. The fourth-order valence-electron chi connectivity index (χ4n) is 4.10. The van der Waals surface area contributed by atoms with Gasteiger partial charge >= 0.3 is 6.03 Å². The Morgan fingerprint density at radius 2 is 1.84 bits per heavy atom. The quantitative estimate of drug-likeness (QED) is 0.635. The minimum absolute atomic E-state index is 0.0213. The standard InChI is InChI=1S/C23H24ClN3O4/c24-16-9-10-19(31-17-7-3-1-4-8-17)18(15-16)25-20(28)11-14-27-21(29)23(26-22(27)30)12-5-2-6-13-23/h1,3-4,7-10,15H,2,5-6,11-14H2,(H,25,28)(H,26,30). The Hall–Kier alpha value is -3.06. The van der Waals surface area contributed by atoms with Crippen molar-refractivity contribution < 1.29 is 19.1 Å². The number of halogens is 1. The third kappa shape index (κ3) is 4.66. The van der Waals surface area contributed by atoms with Gasteiger partial charge in [-0.15, -0.1) is 0 Å². The molecular formula is C23H24ClN3O4. The van der Waals surface area contributed by atoms with Crippen LogP contribution in [0, 0.1) is 0 Å². The minimum Gasteiger partial charge on any atom is -0.455 e. The highest BCUT2D eigenvalue weighted by molar-refractivity contribution is 6.31. The fraction of sp³-hybridized carbons (Fsp3) is 0.348. The van der Waals surface area contributed by atoms with Gasteiger partial charge in [0.25, 0.3) is 5.91 Å². The first kappa shape index (κ1) is 21.2. The smallest absolute Gasteiger partial charge is 0.325 e. The van der Waals surface area contributed by atoms with E-state index in [4.69, 9.17) is 16.3 Å². The van der Waals surface area contributed by atoms with Crippen LogP contribution in [0.4, 0.5) is 10.5 Å². The summed E-state index contributed by atoms with van der Waals surface area (Å²) in [6.07, 6.45) is 4.19. The molecule has 2 N–H and O–H groups in total. The van der Waals surface area contributed by atoms with Crippen LogP contribution in [0.25, 0.3) is 0 Å². The van der Waals surface area contributed by atoms with Gasteiger partial charge in [-0.1, -0.05) is 49.1 Å². The van der Waals surface area contributed by atoms with E-state index >= 15 is 0 Å². The molecule has 1 saturated heterocycles. The number of nitrogens with zero attached hydrogens (tertiary/aromatic N) is 1. The molecule has 4 amide bonds. The van der Waals surface area contributed by atoms with E-state index in [9.17, 15) is 14.4 Å². The number of benzene rings is 2. The SMILES string of the molecule is O=C(CCN1C(=O)NC2(CCCCC2)C1=O)Nc1cc(Cl)ccc1Oc1ccccc1. The van der Waals surface area contributed by atoms with Gasteiger partial charge in [0, 0.05) is 18.0 Å². The Labute approximate surface area is 185 Å². The van der Waals surface area contributed by atoms with Gasteiger partial charge in [0.15, 0.2) is 5.75 Å². The number of amides is 4. The summed E-state index contributed by atoms with van der Waals surface area (Å²) in [4.78, 5) is 38.9. The summed E-state index contributed by atoms with van der Waals surface area (Å²) in [5.41, 5.74) is -0.363. The molecule has 0 aromatic heterocycles. The number of para-hydroxylation sites is 1. The molecule has 0 bridgehead atoms. The summed E-state index contributed by atoms with van der Waals surface area (Å²) >= 11 is 6.09. The van der Waals surface area contributed by atoms with Crippen LogP contribution in [0.15, 0.2) is 48.5 Å². The van der Waals surface area contributed by atoms with Gasteiger partial charge in [0.05, 0.1) is 5.69 Å². The number of hydrogen-bond donors (Lipinski definition) is 2. The monoisotopic (exact) mass is 441 g/mol. The molecule has 2 aromatic carbocycles. The average Bonchev–Trinajstić information content (AvgIpc) is 2.98. The lowest BCUT2D eigenvalue weighted by Gasteiger charge is -2.30. The Kier molecular flexibility index (Phi) is 6.13. The van der Waals surface area contributed by atoms with Crippen molar-refractivity contribution in [1.29, 1.82) is 0 Å². The van der Waals surface area contributed by atoms with E-state index in [1.54, 1.807) is 30.3 Å². The molecule has 1 aliphatic carbocycles. The van der Waals surface area contributed by atoms with E-state index in [0.29, 0.717) is 35.1 Å². The van der Waals surface area contributed by atoms with Crippen LogP contribution in [0.1, 0.15) is 38.5 Å². The molecule has 8 heteroatoms. The molecule has 4 rings (SSSR count). The summed E-state index contributed by atoms with van der Waals surface area (Å²) in [6, 6.07) is 13.7. The molecule has 7 nitrogen and oxygen atoms in total. The lowest BCUT2D eigenvalue weighted by Crippen LogP contribution is -2.48. The first-order valence-corrected chi connectivity index (χ1v) is 10.8. The zero-order valence-electron chi connectivity index (χ0n) is 17.0. The molecule has 2 aliphatic rings. The van der Waals surface area contributed by atoms with Gasteiger partial charge in [-0.25, -0.2) is 4.79 Å². The van der Waals surface area contributed by atoms with Crippen molar-refractivity contribution in [2.24, 2.45) is 0 Å². The van der Waals surface area contributed by atoms with E-state index < -0.39 is 11.6 Å². The van der Waals surface area contributed by atoms with E-state index in [2.05, 4.69) is 10.6 Å². The van der Waals surface area contributed by atoms with Crippen molar-refractivity contribution in [3.8, 4) is 11.5 Å². The van der Waals surface area contributed by atoms with Crippen LogP contribution in [0.5, 0.6) is 11.5 Å². The molecular weight excluding hydrogens is 418 g/mol. The molecule has 2 fully saturated rings. The number of carbonyl (C=O) groups excluding carboxylic acids is 3. The molecule has 1 spiro atoms. The highest BCUT2D eigenvalue weighted by atomic mass is 35.5. The summed E-state index contributed by atoms with van der Waals surface area (Å²) in [5, 5.41) is 6.08. The normalized spacial score (nSPS) is 17.5. The number of carbonyl (C=O) groups is 3. The van der Waals surface area contributed by atoms with Crippen molar-refractivity contribution in [3.63, 3.8) is 0 Å². The molecule has 2 aromatic rings. The molecule has 1 aliphatic heterocycles. The van der Waals surface area contributed by atoms with Crippen molar-refractivity contribution in [2.75, 3.05) is 11.9 Å². The third-order valence-corrected chi connectivity index (χ3v) is 5.94. The molecule has 0 unspecified atom stereocenters. The van der Waals surface area contributed by atoms with E-state index in [0.717, 1.165) is 24.2 Å². The summed E-state index contributed by atoms with van der Waals surface area (Å²) in [6.45, 7) is 0.0215. The van der Waals surface area contributed by atoms with Crippen molar-refractivity contribution >= 4 is 35.1 Å². The third-order valence-electron chi connectivity index (χ3n) is 5.70. The largest absolute Gasteiger partial charge is 0.455 e. The Morgan fingerprint density at radius 3 is 2.58 bits per heavy atom. The van der Waals surface area contributed by atoms with E-state index in [1.165, 1.54) is 0 Å². The average molecular weight is 442 g/mol. The maximum absolute atomic E-state index is 12.8. The topological polar surface area (TPSA) is 87.7 Å². The number of imide groups is 1. The van der Waals surface area contributed by atoms with Crippen molar-refractivity contribution in [2.45, 2.75) is 44.1 Å². The van der Waals surface area contributed by atoms with E-state index in [-0.39, 0.29) is 24.8 Å². The Bertz CT molecular complexity index is 990. The number of ether oxygens (including phenoxy) is 1. The van der Waals surface area contributed by atoms with Crippen LogP contribution >= 0.6 is 11.6 Å². The van der Waals surface area contributed by atoms with Crippen molar-refractivity contribution in [3.05, 3.63) is 53.6 Å². The zero-order valence-corrected chi connectivity index (χ0v) is 17.8. The second-order valence-corrected chi connectivity index (χ2v) is 8.32. The first-order valence-electron chi connectivity index (χ1n) is 10.4. The number of urea groups is 1. The van der Waals surface area contributed by atoms with Crippen LogP contribution in [0.2, 0.25) is 5.02 Å². The van der Waals surface area contributed by atoms with Gasteiger partial charge in [0.1, 0.15) is 11.3 Å². The van der Waals surface area contributed by atoms with Gasteiger partial charge < -0.3 is 15.4 Å². The van der Waals surface area contributed by atoms with Crippen LogP contribution in [-0.2, 0) is 9.59 Å². The highest BCUT2D eigenvalue weighted by Crippen LogP contribution is 2.34. The fourth-order valence-corrected chi connectivity index (χ4v) is 4.28. The van der Waals surface area contributed by atoms with Gasteiger partial charge in [-0.3, -0.25) is 14.5 Å². The lowest BCUT2D eigenvalue weighted by atomic mass is 9.82. The second kappa shape index (κ2) is 8.98. The number of anilines is 1. The maximum Gasteiger partial charge on any atom is 0.325 e. The predicted octanol–water partition coefficient (Wildman–Crippen LogP) is 4.72. The molecule has 1 heterocycles. The van der Waals surface area contributed by atoms with Crippen LogP contribution < -0.4 is 15.4 Å². The van der Waals surface area contributed by atoms with Gasteiger partial charge in [0.2, 0.25) is 5.91 Å². The maximum atomic E-state index is 12.8. The van der Waals surface area contributed by atoms with Crippen LogP contribution in [-0.4, -0.2) is 34.8 Å². The molecule has 31 heavy (non-hydrogen) atoms. The number of hydrogen-bond acceptors (Lipinski definition) is 4. The summed E-state index contributed by atoms with van der Waals surface area (Å²) in [5.74, 6) is 0.503. The molecule has 162 valence electrons. The minimum atomic E-state index is -0.782. The lowest BCUT2D eigenvalue weighted by molar-refractivity contribution is -0.132. The summed E-state index contributed by atoms with van der Waals surface area (Å²) < 4.78 is 5.85. The number of rotatable bonds is 6. The second-order valence-electron chi connectivity index (χ2n) is 7.88. The molecule has 1 saturated carbocycles. The van der Waals surface area contributed by atoms with E-state index in [1.807, 2.05) is 18.2 Å². The zero-order chi connectivity index (χ0) is 21.8. The van der Waals surface area contributed by atoms with Gasteiger partial charge in [-0.05, 0) is 43.2 Å². The first-order chi connectivity index (χ1) is 15.0.